The average Bonchev–Trinajstić information content (AvgIpc) is 3.36. The lowest BCUT2D eigenvalue weighted by atomic mass is 10.0. The number of pyridine rings is 1. The summed E-state index contributed by atoms with van der Waals surface area (Å²) in [5, 5.41) is 4.18. The number of rotatable bonds is 3. The number of nitrogens with zero attached hydrogens (tertiary/aromatic N) is 3. The third-order valence-electron chi connectivity index (χ3n) is 4.83. The van der Waals surface area contributed by atoms with Crippen molar-refractivity contribution in [2.75, 3.05) is 13.1 Å². The molecule has 6 heteroatoms. The van der Waals surface area contributed by atoms with Crippen molar-refractivity contribution in [3.05, 3.63) is 57.8 Å². The quantitative estimate of drug-likeness (QED) is 0.937. The maximum atomic E-state index is 12.6. The van der Waals surface area contributed by atoms with Crippen LogP contribution in [0.5, 0.6) is 0 Å². The Morgan fingerprint density at radius 3 is 2.71 bits per heavy atom. The first-order chi connectivity index (χ1) is 11.6. The number of carbonyl (C=O) groups excluding carboxylic acids is 1. The number of H-pyrrole nitrogens is 1. The Balaban J connectivity index is 1.51. The number of aromatic nitrogens is 3. The second-order valence-electron chi connectivity index (χ2n) is 6.50. The van der Waals surface area contributed by atoms with Gasteiger partial charge in [0.2, 0.25) is 0 Å². The van der Waals surface area contributed by atoms with Gasteiger partial charge in [0, 0.05) is 32.0 Å². The van der Waals surface area contributed by atoms with E-state index in [9.17, 15) is 9.59 Å². The molecule has 0 unspecified atom stereocenters. The minimum absolute atomic E-state index is 0.195. The van der Waals surface area contributed by atoms with Gasteiger partial charge in [-0.3, -0.25) is 14.3 Å². The lowest BCUT2D eigenvalue weighted by Gasteiger charge is -2.26. The molecule has 2 aliphatic rings. The molecule has 0 aromatic carbocycles. The molecule has 1 fully saturated rings. The molecule has 0 spiro atoms. The number of nitrogens with one attached hydrogen (secondary N) is 1. The molecule has 1 aliphatic heterocycles. The lowest BCUT2D eigenvalue weighted by molar-refractivity contribution is 0.0771. The fraction of sp³-hybridized carbons (Fsp3) is 0.389. The maximum Gasteiger partial charge on any atom is 0.261 e. The summed E-state index contributed by atoms with van der Waals surface area (Å²) in [6, 6.07) is 5.53. The predicted octanol–water partition coefficient (Wildman–Crippen LogP) is 1.92. The fourth-order valence-corrected chi connectivity index (χ4v) is 3.24. The van der Waals surface area contributed by atoms with E-state index in [2.05, 4.69) is 10.1 Å². The Bertz CT molecular complexity index is 873. The zero-order valence-corrected chi connectivity index (χ0v) is 13.7. The van der Waals surface area contributed by atoms with E-state index in [1.807, 2.05) is 29.9 Å². The topological polar surface area (TPSA) is 71.0 Å². The highest BCUT2D eigenvalue weighted by Gasteiger charge is 2.26. The highest BCUT2D eigenvalue weighted by atomic mass is 16.2. The highest BCUT2D eigenvalue weighted by Crippen LogP contribution is 2.38. The number of carbonyl (C=O) groups is 1. The van der Waals surface area contributed by atoms with Crippen LogP contribution in [-0.4, -0.2) is 38.7 Å². The van der Waals surface area contributed by atoms with Gasteiger partial charge >= 0.3 is 0 Å². The van der Waals surface area contributed by atoms with Crippen LogP contribution in [0, 0.1) is 0 Å². The first-order valence-electron chi connectivity index (χ1n) is 8.33. The predicted molar refractivity (Wildman–Crippen MR) is 90.7 cm³/mol. The minimum atomic E-state index is -0.272. The van der Waals surface area contributed by atoms with Gasteiger partial charge < -0.3 is 9.88 Å². The zero-order chi connectivity index (χ0) is 16.7. The van der Waals surface area contributed by atoms with Crippen LogP contribution in [0.25, 0.3) is 5.57 Å². The lowest BCUT2D eigenvalue weighted by Crippen LogP contribution is -2.37. The van der Waals surface area contributed by atoms with E-state index in [1.165, 1.54) is 5.57 Å². The second kappa shape index (κ2) is 5.78. The normalized spacial score (nSPS) is 17.7. The summed E-state index contributed by atoms with van der Waals surface area (Å²) in [7, 11) is 1.91. The van der Waals surface area contributed by atoms with Crippen molar-refractivity contribution in [3.63, 3.8) is 0 Å². The van der Waals surface area contributed by atoms with Crippen molar-refractivity contribution in [2.45, 2.75) is 25.2 Å². The maximum absolute atomic E-state index is 12.6. The Kier molecular flexibility index (Phi) is 3.59. The molecule has 2 aromatic heterocycles. The molecule has 24 heavy (non-hydrogen) atoms. The van der Waals surface area contributed by atoms with Crippen molar-refractivity contribution in [3.8, 4) is 0 Å². The van der Waals surface area contributed by atoms with Gasteiger partial charge in [0.15, 0.2) is 0 Å². The van der Waals surface area contributed by atoms with Gasteiger partial charge in [0.05, 0.1) is 5.69 Å². The van der Waals surface area contributed by atoms with E-state index in [4.69, 9.17) is 0 Å². The van der Waals surface area contributed by atoms with E-state index in [1.54, 1.807) is 17.2 Å². The van der Waals surface area contributed by atoms with Crippen molar-refractivity contribution in [1.29, 1.82) is 0 Å². The van der Waals surface area contributed by atoms with Gasteiger partial charge in [-0.15, -0.1) is 0 Å². The minimum Gasteiger partial charge on any atom is -0.334 e. The summed E-state index contributed by atoms with van der Waals surface area (Å²) in [6.07, 6.45) is 6.83. The van der Waals surface area contributed by atoms with Crippen LogP contribution >= 0.6 is 0 Å². The molecule has 1 N–H and O–H groups in total. The third-order valence-corrected chi connectivity index (χ3v) is 4.83. The number of amides is 1. The molecule has 6 nitrogen and oxygen atoms in total. The van der Waals surface area contributed by atoms with Gasteiger partial charge in [-0.1, -0.05) is 6.08 Å². The summed E-state index contributed by atoms with van der Waals surface area (Å²) < 4.78 is 1.84. The van der Waals surface area contributed by atoms with Crippen molar-refractivity contribution in [2.24, 2.45) is 7.05 Å². The molecule has 1 saturated carbocycles. The van der Waals surface area contributed by atoms with Gasteiger partial charge in [-0.25, -0.2) is 0 Å². The van der Waals surface area contributed by atoms with E-state index in [0.29, 0.717) is 19.0 Å². The Morgan fingerprint density at radius 1 is 1.29 bits per heavy atom. The summed E-state index contributed by atoms with van der Waals surface area (Å²) in [4.78, 5) is 29.4. The standard InChI is InChI=1S/C18H20N4O2/c1-21-16(6-9-19-21)13-7-10-22(11-8-13)18(24)14-4-5-15(12-2-3-12)20-17(14)23/h4-7,9,12H,2-3,8,10-11H2,1H3,(H,20,23). The van der Waals surface area contributed by atoms with Crippen molar-refractivity contribution in [1.82, 2.24) is 19.7 Å². The average molecular weight is 324 g/mol. The summed E-state index contributed by atoms with van der Waals surface area (Å²) in [6.45, 7) is 1.13. The van der Waals surface area contributed by atoms with E-state index in [0.717, 1.165) is 30.7 Å². The highest BCUT2D eigenvalue weighted by molar-refractivity contribution is 5.94. The van der Waals surface area contributed by atoms with Crippen LogP contribution in [0.15, 0.2) is 35.3 Å². The number of aryl methyl sites for hydroxylation is 1. The molecule has 0 radical (unpaired) electrons. The molecule has 3 heterocycles. The molecule has 1 amide bonds. The number of hydrogen-bond acceptors (Lipinski definition) is 3. The number of hydrogen-bond donors (Lipinski definition) is 1. The van der Waals surface area contributed by atoms with Crippen LogP contribution in [0.1, 0.15) is 46.9 Å². The van der Waals surface area contributed by atoms with Crippen molar-refractivity contribution < 1.29 is 4.79 Å². The molecule has 0 saturated heterocycles. The molecule has 1 aliphatic carbocycles. The molecular weight excluding hydrogens is 304 g/mol. The molecule has 0 atom stereocenters. The molecule has 4 rings (SSSR count). The largest absolute Gasteiger partial charge is 0.334 e. The van der Waals surface area contributed by atoms with Gasteiger partial charge in [-0.05, 0) is 49.0 Å². The zero-order valence-electron chi connectivity index (χ0n) is 13.7. The van der Waals surface area contributed by atoms with E-state index < -0.39 is 0 Å². The SMILES string of the molecule is Cn1nccc1C1=CCN(C(=O)c2ccc(C3CC3)[nH]c2=O)CC1. The molecule has 124 valence electrons. The molecule has 2 aromatic rings. The summed E-state index contributed by atoms with van der Waals surface area (Å²) in [5.41, 5.74) is 3.18. The van der Waals surface area contributed by atoms with Gasteiger partial charge in [0.1, 0.15) is 5.56 Å². The van der Waals surface area contributed by atoms with Crippen molar-refractivity contribution >= 4 is 11.5 Å². The summed E-state index contributed by atoms with van der Waals surface area (Å²) in [5.74, 6) is 0.278. The van der Waals surface area contributed by atoms with E-state index in [-0.39, 0.29) is 17.0 Å². The van der Waals surface area contributed by atoms with Gasteiger partial charge in [0.25, 0.3) is 11.5 Å². The first-order valence-corrected chi connectivity index (χ1v) is 8.33. The fourth-order valence-electron chi connectivity index (χ4n) is 3.24. The Morgan fingerprint density at radius 2 is 2.12 bits per heavy atom. The second-order valence-corrected chi connectivity index (χ2v) is 6.50. The Hall–Kier alpha value is -2.63. The monoisotopic (exact) mass is 324 g/mol. The smallest absolute Gasteiger partial charge is 0.261 e. The van der Waals surface area contributed by atoms with Crippen LogP contribution in [0.4, 0.5) is 0 Å². The van der Waals surface area contributed by atoms with Crippen LogP contribution in [0.2, 0.25) is 0 Å². The Labute approximate surface area is 139 Å². The summed E-state index contributed by atoms with van der Waals surface area (Å²) >= 11 is 0. The molecule has 0 bridgehead atoms. The van der Waals surface area contributed by atoms with Crippen LogP contribution < -0.4 is 5.56 Å². The van der Waals surface area contributed by atoms with E-state index >= 15 is 0 Å². The first kappa shape index (κ1) is 14.9. The molecular formula is C18H20N4O2. The number of aromatic amines is 1. The van der Waals surface area contributed by atoms with Crippen LogP contribution in [0.3, 0.4) is 0 Å². The van der Waals surface area contributed by atoms with Gasteiger partial charge in [-0.2, -0.15) is 5.10 Å². The van der Waals surface area contributed by atoms with Crippen LogP contribution in [-0.2, 0) is 7.05 Å². The third kappa shape index (κ3) is 2.68.